The number of ether oxygens (including phenoxy) is 1. The van der Waals surface area contributed by atoms with Crippen LogP contribution in [0.3, 0.4) is 0 Å². The van der Waals surface area contributed by atoms with E-state index in [0.717, 1.165) is 44.5 Å². The third-order valence-electron chi connectivity index (χ3n) is 7.45. The van der Waals surface area contributed by atoms with E-state index < -0.39 is 10.0 Å². The van der Waals surface area contributed by atoms with Gasteiger partial charge in [-0.25, -0.2) is 17.5 Å². The number of hydrogen-bond acceptors (Lipinski definition) is 5. The number of carbonyl (C=O) groups is 1. The number of rotatable bonds is 11. The van der Waals surface area contributed by atoms with E-state index in [2.05, 4.69) is 35.2 Å². The zero-order valence-corrected chi connectivity index (χ0v) is 23.1. The Hall–Kier alpha value is -3.00. The highest BCUT2D eigenvalue weighted by Gasteiger charge is 2.27. The van der Waals surface area contributed by atoms with Crippen LogP contribution < -0.4 is 0 Å². The molecule has 1 fully saturated rings. The highest BCUT2D eigenvalue weighted by atomic mass is 32.2. The molecule has 1 atom stereocenters. The van der Waals surface area contributed by atoms with E-state index in [-0.39, 0.29) is 16.8 Å². The van der Waals surface area contributed by atoms with Crippen molar-refractivity contribution in [2.24, 2.45) is 0 Å². The normalized spacial score (nSPS) is 15.9. The Morgan fingerprint density at radius 3 is 2.29 bits per heavy atom. The van der Waals surface area contributed by atoms with Gasteiger partial charge in [-0.2, -0.15) is 0 Å². The number of hydrogen-bond donors (Lipinski definition) is 0. The fourth-order valence-corrected chi connectivity index (χ4v) is 6.47. The van der Waals surface area contributed by atoms with Gasteiger partial charge in [-0.15, -0.1) is 0 Å². The van der Waals surface area contributed by atoms with Crippen LogP contribution >= 0.6 is 0 Å². The SMILES string of the molecule is CCOC(=O)c1cccc(C(CCN2CCC(c3ccccc3)CC2)CN(C)S(=O)(=O)c2ccccc2)c1. The molecule has 3 aromatic carbocycles. The van der Waals surface area contributed by atoms with Gasteiger partial charge in [-0.1, -0.05) is 60.7 Å². The van der Waals surface area contributed by atoms with Gasteiger partial charge < -0.3 is 9.64 Å². The molecule has 202 valence electrons. The van der Waals surface area contributed by atoms with E-state index >= 15 is 0 Å². The van der Waals surface area contributed by atoms with Crippen LogP contribution in [0.15, 0.2) is 89.8 Å². The Morgan fingerprint density at radius 1 is 0.974 bits per heavy atom. The van der Waals surface area contributed by atoms with E-state index in [1.807, 2.05) is 24.3 Å². The largest absolute Gasteiger partial charge is 0.462 e. The maximum absolute atomic E-state index is 13.3. The summed E-state index contributed by atoms with van der Waals surface area (Å²) in [5.74, 6) is 0.160. The lowest BCUT2D eigenvalue weighted by Gasteiger charge is -2.33. The van der Waals surface area contributed by atoms with E-state index in [1.165, 1.54) is 9.87 Å². The Bertz CT molecular complexity index is 1270. The van der Waals surface area contributed by atoms with Crippen molar-refractivity contribution < 1.29 is 17.9 Å². The standard InChI is InChI=1S/C31H38N2O4S/c1-3-37-31(34)28-14-10-13-27(23-28)29(24-32(2)38(35,36)30-15-8-5-9-16-30)19-22-33-20-17-26(18-21-33)25-11-6-4-7-12-25/h4-16,23,26,29H,3,17-22,24H2,1-2H3. The Labute approximate surface area is 227 Å². The van der Waals surface area contributed by atoms with Crippen LogP contribution in [0.2, 0.25) is 0 Å². The van der Waals surface area contributed by atoms with E-state index in [4.69, 9.17) is 4.74 Å². The summed E-state index contributed by atoms with van der Waals surface area (Å²) in [6, 6.07) is 26.7. The molecule has 1 unspecified atom stereocenters. The van der Waals surface area contributed by atoms with Crippen LogP contribution in [0, 0.1) is 0 Å². The van der Waals surface area contributed by atoms with Crippen LogP contribution in [0.4, 0.5) is 0 Å². The van der Waals surface area contributed by atoms with Crippen LogP contribution in [0.5, 0.6) is 0 Å². The Morgan fingerprint density at radius 2 is 1.63 bits per heavy atom. The van der Waals surface area contributed by atoms with Gasteiger partial charge in [0.25, 0.3) is 0 Å². The number of sulfonamides is 1. The number of nitrogens with zero attached hydrogens (tertiary/aromatic N) is 2. The number of likely N-dealkylation sites (N-methyl/N-ethyl adjacent to an activating group) is 1. The quantitative estimate of drug-likeness (QED) is 0.302. The molecule has 1 saturated heterocycles. The van der Waals surface area contributed by atoms with Gasteiger partial charge in [0.2, 0.25) is 10.0 Å². The third kappa shape index (κ3) is 7.10. The topological polar surface area (TPSA) is 66.9 Å². The first-order valence-electron chi connectivity index (χ1n) is 13.4. The van der Waals surface area contributed by atoms with Crippen LogP contribution in [0.1, 0.15) is 59.5 Å². The molecule has 0 aliphatic carbocycles. The van der Waals surface area contributed by atoms with Gasteiger partial charge in [0, 0.05) is 13.6 Å². The van der Waals surface area contributed by atoms with Crippen molar-refractivity contribution in [2.45, 2.75) is 42.9 Å². The van der Waals surface area contributed by atoms with Crippen molar-refractivity contribution in [3.63, 3.8) is 0 Å². The number of benzene rings is 3. The van der Waals surface area contributed by atoms with Crippen LogP contribution in [-0.4, -0.2) is 63.4 Å². The minimum absolute atomic E-state index is 0.0697. The summed E-state index contributed by atoms with van der Waals surface area (Å²) in [6.07, 6.45) is 3.03. The van der Waals surface area contributed by atoms with Crippen molar-refractivity contribution >= 4 is 16.0 Å². The predicted octanol–water partition coefficient (Wildman–Crippen LogP) is 5.54. The molecule has 38 heavy (non-hydrogen) atoms. The Balaban J connectivity index is 1.48. The van der Waals surface area contributed by atoms with Gasteiger partial charge in [-0.05, 0) is 93.0 Å². The third-order valence-corrected chi connectivity index (χ3v) is 9.29. The molecule has 0 N–H and O–H groups in total. The summed E-state index contributed by atoms with van der Waals surface area (Å²) in [4.78, 5) is 15.2. The molecule has 6 nitrogen and oxygen atoms in total. The molecule has 0 aromatic heterocycles. The summed E-state index contributed by atoms with van der Waals surface area (Å²) < 4.78 is 33.2. The monoisotopic (exact) mass is 534 g/mol. The minimum atomic E-state index is -3.63. The zero-order chi connectivity index (χ0) is 27.0. The number of likely N-dealkylation sites (tertiary alicyclic amines) is 1. The molecule has 3 aromatic rings. The molecular formula is C31H38N2O4S. The molecule has 0 saturated carbocycles. The number of carbonyl (C=O) groups excluding carboxylic acids is 1. The average molecular weight is 535 g/mol. The van der Waals surface area contributed by atoms with Crippen molar-refractivity contribution in [3.05, 3.63) is 102 Å². The molecule has 0 amide bonds. The van der Waals surface area contributed by atoms with Gasteiger partial charge >= 0.3 is 5.97 Å². The smallest absolute Gasteiger partial charge is 0.338 e. The van der Waals surface area contributed by atoms with Gasteiger partial charge in [0.15, 0.2) is 0 Å². The molecule has 0 bridgehead atoms. The van der Waals surface area contributed by atoms with Gasteiger partial charge in [0.05, 0.1) is 17.1 Å². The van der Waals surface area contributed by atoms with Crippen molar-refractivity contribution in [2.75, 3.05) is 39.8 Å². The highest BCUT2D eigenvalue weighted by molar-refractivity contribution is 7.89. The molecule has 0 spiro atoms. The molecule has 7 heteroatoms. The summed E-state index contributed by atoms with van der Waals surface area (Å²) in [7, 11) is -2.00. The van der Waals surface area contributed by atoms with Gasteiger partial charge in [0.1, 0.15) is 0 Å². The van der Waals surface area contributed by atoms with Crippen LogP contribution in [0.25, 0.3) is 0 Å². The number of piperidine rings is 1. The van der Waals surface area contributed by atoms with Crippen molar-refractivity contribution in [1.29, 1.82) is 0 Å². The first-order chi connectivity index (χ1) is 18.4. The maximum atomic E-state index is 13.3. The molecular weight excluding hydrogens is 496 g/mol. The fraction of sp³-hybridized carbons (Fsp3) is 0.387. The molecule has 1 aliphatic heterocycles. The number of esters is 1. The summed E-state index contributed by atoms with van der Waals surface area (Å²) in [5.41, 5.74) is 2.85. The first-order valence-corrected chi connectivity index (χ1v) is 14.9. The highest BCUT2D eigenvalue weighted by Crippen LogP contribution is 2.30. The molecule has 1 aliphatic rings. The lowest BCUT2D eigenvalue weighted by Crippen LogP contribution is -2.36. The zero-order valence-electron chi connectivity index (χ0n) is 22.3. The van der Waals surface area contributed by atoms with E-state index in [1.54, 1.807) is 44.3 Å². The average Bonchev–Trinajstić information content (AvgIpc) is 2.96. The lowest BCUT2D eigenvalue weighted by molar-refractivity contribution is 0.0526. The first kappa shape index (κ1) is 28.0. The van der Waals surface area contributed by atoms with Crippen molar-refractivity contribution in [3.8, 4) is 0 Å². The molecule has 0 radical (unpaired) electrons. The fourth-order valence-electron chi connectivity index (χ4n) is 5.23. The molecule has 1 heterocycles. The van der Waals surface area contributed by atoms with E-state index in [0.29, 0.717) is 24.6 Å². The second-order valence-electron chi connectivity index (χ2n) is 9.96. The summed E-state index contributed by atoms with van der Waals surface area (Å²) >= 11 is 0. The minimum Gasteiger partial charge on any atom is -0.462 e. The summed E-state index contributed by atoms with van der Waals surface area (Å²) in [5, 5.41) is 0. The van der Waals surface area contributed by atoms with E-state index in [9.17, 15) is 13.2 Å². The second kappa shape index (κ2) is 13.2. The Kier molecular flexibility index (Phi) is 9.72. The van der Waals surface area contributed by atoms with Crippen molar-refractivity contribution in [1.82, 2.24) is 9.21 Å². The summed E-state index contributed by atoms with van der Waals surface area (Å²) in [6.45, 7) is 5.33. The predicted molar refractivity (Wildman–Crippen MR) is 151 cm³/mol. The van der Waals surface area contributed by atoms with Crippen LogP contribution in [-0.2, 0) is 14.8 Å². The second-order valence-corrected chi connectivity index (χ2v) is 12.0. The maximum Gasteiger partial charge on any atom is 0.338 e. The lowest BCUT2D eigenvalue weighted by atomic mass is 9.89. The molecule has 4 rings (SSSR count). The van der Waals surface area contributed by atoms with Gasteiger partial charge in [-0.3, -0.25) is 0 Å².